The van der Waals surface area contributed by atoms with Crippen LogP contribution in [0.3, 0.4) is 0 Å². The number of amides is 1. The molecule has 3 rings (SSSR count). The van der Waals surface area contributed by atoms with Crippen molar-refractivity contribution in [3.63, 3.8) is 0 Å². The third-order valence-corrected chi connectivity index (χ3v) is 4.52. The number of oxime groups is 1. The van der Waals surface area contributed by atoms with Gasteiger partial charge in [-0.2, -0.15) is 0 Å². The lowest BCUT2D eigenvalue weighted by molar-refractivity contribution is -0.160. The number of carbonyl (C=O) groups excluding carboxylic acids is 2. The molecule has 0 atom stereocenters. The molecule has 3 heterocycles. The summed E-state index contributed by atoms with van der Waals surface area (Å²) in [5, 5.41) is 4.09. The lowest BCUT2D eigenvalue weighted by Crippen LogP contribution is -2.61. The molecule has 0 bridgehead atoms. The fourth-order valence-electron chi connectivity index (χ4n) is 3.19. The van der Waals surface area contributed by atoms with Gasteiger partial charge in [-0.25, -0.2) is 9.18 Å². The maximum Gasteiger partial charge on any atom is 0.344 e. The molecule has 1 amide bonds. The molecule has 0 aromatic carbocycles. The number of carbonyl (C=O) groups is 2. The van der Waals surface area contributed by atoms with E-state index in [1.54, 1.807) is 11.8 Å². The number of ether oxygens (including phenoxy) is 1. The van der Waals surface area contributed by atoms with Gasteiger partial charge < -0.3 is 19.4 Å². The molecule has 0 aliphatic carbocycles. The van der Waals surface area contributed by atoms with Gasteiger partial charge in [0.1, 0.15) is 5.84 Å². The van der Waals surface area contributed by atoms with Crippen LogP contribution in [0.1, 0.15) is 26.2 Å². The first-order chi connectivity index (χ1) is 10.5. The van der Waals surface area contributed by atoms with E-state index in [4.69, 9.17) is 9.57 Å². The quantitative estimate of drug-likeness (QED) is 0.553. The Morgan fingerprint density at radius 3 is 2.73 bits per heavy atom. The minimum absolute atomic E-state index is 0.0956. The van der Waals surface area contributed by atoms with Crippen molar-refractivity contribution in [2.45, 2.75) is 37.5 Å². The van der Waals surface area contributed by atoms with Crippen LogP contribution in [-0.2, 0) is 19.2 Å². The van der Waals surface area contributed by atoms with Gasteiger partial charge >= 0.3 is 5.97 Å². The number of halogens is 1. The highest BCUT2D eigenvalue weighted by molar-refractivity contribution is 5.85. The number of likely N-dealkylation sites (tertiary alicyclic amines) is 2. The SMILES string of the molecule is CCOC(=O)C1(F)CCN(C2=NOC3(C2)CN(C=O)C3)CC1. The highest BCUT2D eigenvalue weighted by Gasteiger charge is 2.51. The lowest BCUT2D eigenvalue weighted by atomic mass is 9.89. The van der Waals surface area contributed by atoms with Gasteiger partial charge in [-0.1, -0.05) is 5.16 Å². The Hall–Kier alpha value is -1.86. The molecule has 0 N–H and O–H groups in total. The molecule has 3 aliphatic heterocycles. The summed E-state index contributed by atoms with van der Waals surface area (Å²) in [7, 11) is 0. The number of alkyl halides is 1. The topological polar surface area (TPSA) is 71.4 Å². The average Bonchev–Trinajstić information content (AvgIpc) is 2.92. The van der Waals surface area contributed by atoms with Crippen LogP contribution in [0.2, 0.25) is 0 Å². The first-order valence-electron chi connectivity index (χ1n) is 7.56. The van der Waals surface area contributed by atoms with Crippen molar-refractivity contribution in [1.82, 2.24) is 9.80 Å². The number of nitrogens with zero attached hydrogens (tertiary/aromatic N) is 3. The molecular weight excluding hydrogens is 293 g/mol. The standard InChI is InChI=1S/C14H20FN3O4/c1-2-21-12(20)14(15)3-5-18(6-4-14)11-7-13(22-16-11)8-17(9-13)10-19/h10H,2-9H2,1H3. The molecule has 8 heteroatoms. The van der Waals surface area contributed by atoms with E-state index < -0.39 is 17.2 Å². The van der Waals surface area contributed by atoms with E-state index >= 15 is 0 Å². The van der Waals surface area contributed by atoms with Gasteiger partial charge in [0.2, 0.25) is 12.1 Å². The molecule has 1 spiro atoms. The van der Waals surface area contributed by atoms with Crippen molar-refractivity contribution in [3.8, 4) is 0 Å². The molecule has 2 saturated heterocycles. The minimum Gasteiger partial charge on any atom is -0.464 e. The Kier molecular flexibility index (Phi) is 3.70. The average molecular weight is 313 g/mol. The molecule has 0 aromatic rings. The molecule has 0 aromatic heterocycles. The predicted molar refractivity (Wildman–Crippen MR) is 74.8 cm³/mol. The zero-order chi connectivity index (χ0) is 15.8. The number of hydrogen-bond acceptors (Lipinski definition) is 6. The largest absolute Gasteiger partial charge is 0.464 e. The highest BCUT2D eigenvalue weighted by Crippen LogP contribution is 2.35. The summed E-state index contributed by atoms with van der Waals surface area (Å²) < 4.78 is 19.3. The van der Waals surface area contributed by atoms with E-state index in [2.05, 4.69) is 5.16 Å². The van der Waals surface area contributed by atoms with Crippen LogP contribution in [-0.4, -0.2) is 72.1 Å². The van der Waals surface area contributed by atoms with E-state index in [1.165, 1.54) is 0 Å². The van der Waals surface area contributed by atoms with Gasteiger partial charge in [0.15, 0.2) is 5.60 Å². The molecular formula is C14H20FN3O4. The summed E-state index contributed by atoms with van der Waals surface area (Å²) in [5.41, 5.74) is -2.30. The predicted octanol–water partition coefficient (Wildman–Crippen LogP) is 0.298. The Bertz CT molecular complexity index is 496. The van der Waals surface area contributed by atoms with Gasteiger partial charge in [0.05, 0.1) is 26.1 Å². The highest BCUT2D eigenvalue weighted by atomic mass is 19.1. The number of amidine groups is 1. The maximum atomic E-state index is 14.5. The molecule has 22 heavy (non-hydrogen) atoms. The summed E-state index contributed by atoms with van der Waals surface area (Å²) >= 11 is 0. The van der Waals surface area contributed by atoms with Crippen LogP contribution in [0.25, 0.3) is 0 Å². The molecule has 122 valence electrons. The summed E-state index contributed by atoms with van der Waals surface area (Å²) in [6, 6.07) is 0. The Morgan fingerprint density at radius 1 is 1.45 bits per heavy atom. The second-order valence-corrected chi connectivity index (χ2v) is 6.14. The fraction of sp³-hybridized carbons (Fsp3) is 0.786. The first kappa shape index (κ1) is 15.1. The molecule has 0 radical (unpaired) electrons. The van der Waals surface area contributed by atoms with Crippen molar-refractivity contribution >= 4 is 18.2 Å². The van der Waals surface area contributed by atoms with E-state index in [-0.39, 0.29) is 19.4 Å². The third-order valence-electron chi connectivity index (χ3n) is 4.52. The van der Waals surface area contributed by atoms with Gasteiger partial charge in [0.25, 0.3) is 0 Å². The summed E-state index contributed by atoms with van der Waals surface area (Å²) in [6.45, 7) is 3.74. The Morgan fingerprint density at radius 2 is 2.14 bits per heavy atom. The lowest BCUT2D eigenvalue weighted by Gasteiger charge is -2.43. The Labute approximate surface area is 128 Å². The van der Waals surface area contributed by atoms with Crippen LogP contribution in [0, 0.1) is 0 Å². The Balaban J connectivity index is 1.52. The van der Waals surface area contributed by atoms with E-state index in [0.29, 0.717) is 32.6 Å². The van der Waals surface area contributed by atoms with Crippen LogP contribution >= 0.6 is 0 Å². The van der Waals surface area contributed by atoms with Gasteiger partial charge in [0, 0.05) is 25.9 Å². The van der Waals surface area contributed by atoms with E-state index in [0.717, 1.165) is 12.2 Å². The van der Waals surface area contributed by atoms with E-state index in [9.17, 15) is 14.0 Å². The molecule has 7 nitrogen and oxygen atoms in total. The second kappa shape index (κ2) is 5.40. The number of hydrogen-bond donors (Lipinski definition) is 0. The smallest absolute Gasteiger partial charge is 0.344 e. The van der Waals surface area contributed by atoms with Crippen molar-refractivity contribution in [2.75, 3.05) is 32.8 Å². The van der Waals surface area contributed by atoms with Crippen molar-refractivity contribution in [3.05, 3.63) is 0 Å². The molecule has 0 unspecified atom stereocenters. The fourth-order valence-corrected chi connectivity index (χ4v) is 3.19. The summed E-state index contributed by atoms with van der Waals surface area (Å²) in [6.07, 6.45) is 1.61. The monoisotopic (exact) mass is 313 g/mol. The zero-order valence-electron chi connectivity index (χ0n) is 12.6. The van der Waals surface area contributed by atoms with Crippen LogP contribution in [0.15, 0.2) is 5.16 Å². The van der Waals surface area contributed by atoms with Crippen molar-refractivity contribution in [1.29, 1.82) is 0 Å². The molecule has 3 aliphatic rings. The first-order valence-corrected chi connectivity index (χ1v) is 7.56. The van der Waals surface area contributed by atoms with Gasteiger partial charge in [-0.05, 0) is 6.92 Å². The van der Waals surface area contributed by atoms with Crippen molar-refractivity contribution < 1.29 is 23.6 Å². The maximum absolute atomic E-state index is 14.5. The van der Waals surface area contributed by atoms with E-state index in [1.807, 2.05) is 4.90 Å². The second-order valence-electron chi connectivity index (χ2n) is 6.14. The van der Waals surface area contributed by atoms with Gasteiger partial charge in [-0.3, -0.25) is 4.79 Å². The normalized spacial score (nSPS) is 25.3. The summed E-state index contributed by atoms with van der Waals surface area (Å²) in [4.78, 5) is 31.4. The summed E-state index contributed by atoms with van der Waals surface area (Å²) in [5.74, 6) is 0.00723. The minimum atomic E-state index is -1.89. The number of rotatable bonds is 3. The third kappa shape index (κ3) is 2.50. The van der Waals surface area contributed by atoms with Gasteiger partial charge in [-0.15, -0.1) is 0 Å². The number of esters is 1. The van der Waals surface area contributed by atoms with Crippen LogP contribution < -0.4 is 0 Å². The number of piperidine rings is 1. The molecule has 0 saturated carbocycles. The van der Waals surface area contributed by atoms with Crippen LogP contribution in [0.5, 0.6) is 0 Å². The molecule has 2 fully saturated rings. The van der Waals surface area contributed by atoms with Crippen molar-refractivity contribution in [2.24, 2.45) is 5.16 Å². The van der Waals surface area contributed by atoms with Crippen LogP contribution in [0.4, 0.5) is 4.39 Å². The zero-order valence-corrected chi connectivity index (χ0v) is 12.6.